The largest absolute Gasteiger partial charge is 0.422 e. The molecule has 1 aliphatic heterocycles. The van der Waals surface area contributed by atoms with E-state index in [1.54, 1.807) is 12.3 Å². The molecule has 0 aliphatic carbocycles. The molecule has 1 aromatic heterocycles. The van der Waals surface area contributed by atoms with E-state index in [4.69, 9.17) is 9.47 Å². The summed E-state index contributed by atoms with van der Waals surface area (Å²) in [5.74, 6) is -3.30. The van der Waals surface area contributed by atoms with Crippen molar-refractivity contribution in [1.29, 1.82) is 0 Å². The number of carbonyl (C=O) groups excluding carboxylic acids is 2. The summed E-state index contributed by atoms with van der Waals surface area (Å²) in [6.45, 7) is 2.99. The van der Waals surface area contributed by atoms with E-state index < -0.39 is 23.6 Å². The van der Waals surface area contributed by atoms with Gasteiger partial charge in [-0.05, 0) is 34.7 Å². The van der Waals surface area contributed by atoms with E-state index in [-0.39, 0.29) is 0 Å². The molecule has 0 aromatic carbocycles. The number of carbonyl (C=O) groups is 2. The van der Waals surface area contributed by atoms with Crippen LogP contribution in [0.5, 0.6) is 0 Å². The molecular formula is C12H11IN2O4. The fourth-order valence-electron chi connectivity index (χ4n) is 1.45. The Hall–Kier alpha value is -1.51. The number of cyclic esters (lactones) is 2. The van der Waals surface area contributed by atoms with E-state index in [9.17, 15) is 9.59 Å². The molecule has 1 aromatic rings. The van der Waals surface area contributed by atoms with Crippen LogP contribution < -0.4 is 0 Å². The standard InChI is InChI=1S/C12H11IN2O4/c1-12(2)18-10(16)8(11(17)19-12)6-15-9-4-3-7(13)5-14-9/h3-6,8H,1-2H3. The third-order valence-electron chi connectivity index (χ3n) is 2.27. The van der Waals surface area contributed by atoms with Crippen LogP contribution in [0, 0.1) is 9.49 Å². The molecule has 0 unspecified atom stereocenters. The van der Waals surface area contributed by atoms with Gasteiger partial charge >= 0.3 is 11.9 Å². The Bertz CT molecular complexity index is 519. The summed E-state index contributed by atoms with van der Waals surface area (Å²) in [5.41, 5.74) is 0. The third kappa shape index (κ3) is 3.49. The van der Waals surface area contributed by atoms with E-state index in [0.717, 1.165) is 3.57 Å². The number of aliphatic imine (C=N–C) groups is 1. The Morgan fingerprint density at radius 3 is 2.47 bits per heavy atom. The Kier molecular flexibility index (Phi) is 3.83. The van der Waals surface area contributed by atoms with Crippen LogP contribution >= 0.6 is 22.6 Å². The van der Waals surface area contributed by atoms with E-state index in [2.05, 4.69) is 32.6 Å². The second-order valence-corrected chi connectivity index (χ2v) is 5.58. The van der Waals surface area contributed by atoms with Crippen LogP contribution in [0.2, 0.25) is 0 Å². The molecule has 0 bridgehead atoms. The Morgan fingerprint density at radius 1 is 1.32 bits per heavy atom. The van der Waals surface area contributed by atoms with E-state index in [1.807, 2.05) is 6.07 Å². The Labute approximate surface area is 123 Å². The first kappa shape index (κ1) is 13.9. The molecule has 2 rings (SSSR count). The molecule has 0 saturated carbocycles. The van der Waals surface area contributed by atoms with Crippen molar-refractivity contribution in [1.82, 2.24) is 4.98 Å². The van der Waals surface area contributed by atoms with Crippen LogP contribution in [0.1, 0.15) is 13.8 Å². The van der Waals surface area contributed by atoms with Crippen molar-refractivity contribution >= 4 is 46.6 Å². The van der Waals surface area contributed by atoms with Gasteiger partial charge in [0.2, 0.25) is 0 Å². The van der Waals surface area contributed by atoms with Gasteiger partial charge in [0, 0.05) is 29.8 Å². The smallest absolute Gasteiger partial charge is 0.329 e. The van der Waals surface area contributed by atoms with Crippen LogP contribution in [0.15, 0.2) is 23.3 Å². The number of nitrogens with zero attached hydrogens (tertiary/aromatic N) is 2. The number of aromatic nitrogens is 1. The van der Waals surface area contributed by atoms with Crippen molar-refractivity contribution in [3.63, 3.8) is 0 Å². The van der Waals surface area contributed by atoms with Crippen molar-refractivity contribution in [3.05, 3.63) is 21.9 Å². The molecule has 0 N–H and O–H groups in total. The number of pyridine rings is 1. The van der Waals surface area contributed by atoms with Gasteiger partial charge in [0.25, 0.3) is 5.79 Å². The monoisotopic (exact) mass is 374 g/mol. The predicted octanol–water partition coefficient (Wildman–Crippen LogP) is 1.84. The zero-order valence-corrected chi connectivity index (χ0v) is 12.4. The highest BCUT2D eigenvalue weighted by molar-refractivity contribution is 14.1. The van der Waals surface area contributed by atoms with Crippen LogP contribution in [-0.2, 0) is 19.1 Å². The molecular weight excluding hydrogens is 363 g/mol. The summed E-state index contributed by atoms with van der Waals surface area (Å²) in [6.07, 6.45) is 2.82. The lowest BCUT2D eigenvalue weighted by Crippen LogP contribution is -2.46. The number of rotatable bonds is 2. The summed E-state index contributed by atoms with van der Waals surface area (Å²) >= 11 is 2.12. The Morgan fingerprint density at radius 2 is 1.95 bits per heavy atom. The van der Waals surface area contributed by atoms with Crippen molar-refractivity contribution in [2.45, 2.75) is 19.6 Å². The topological polar surface area (TPSA) is 77.9 Å². The van der Waals surface area contributed by atoms with Crippen LogP contribution in [-0.4, -0.2) is 28.9 Å². The fourth-order valence-corrected chi connectivity index (χ4v) is 1.76. The lowest BCUT2D eigenvalue weighted by atomic mass is 10.1. The third-order valence-corrected chi connectivity index (χ3v) is 2.91. The second-order valence-electron chi connectivity index (χ2n) is 4.33. The van der Waals surface area contributed by atoms with Gasteiger partial charge in [-0.3, -0.25) is 9.59 Å². The second kappa shape index (κ2) is 5.24. The molecule has 100 valence electrons. The zero-order valence-electron chi connectivity index (χ0n) is 10.3. The summed E-state index contributed by atoms with van der Waals surface area (Å²) < 4.78 is 10.9. The van der Waals surface area contributed by atoms with Crippen molar-refractivity contribution in [2.75, 3.05) is 0 Å². The summed E-state index contributed by atoms with van der Waals surface area (Å²) in [6, 6.07) is 3.50. The minimum atomic E-state index is -1.22. The number of esters is 2. The van der Waals surface area contributed by atoms with Gasteiger partial charge in [-0.25, -0.2) is 9.98 Å². The predicted molar refractivity (Wildman–Crippen MR) is 74.9 cm³/mol. The minimum Gasteiger partial charge on any atom is -0.422 e. The molecule has 0 spiro atoms. The van der Waals surface area contributed by atoms with Crippen molar-refractivity contribution < 1.29 is 19.1 Å². The highest BCUT2D eigenvalue weighted by Crippen LogP contribution is 2.22. The van der Waals surface area contributed by atoms with Gasteiger partial charge in [0.05, 0.1) is 0 Å². The van der Waals surface area contributed by atoms with Crippen LogP contribution in [0.4, 0.5) is 5.82 Å². The van der Waals surface area contributed by atoms with Crippen LogP contribution in [0.25, 0.3) is 0 Å². The molecule has 6 nitrogen and oxygen atoms in total. The molecule has 0 atom stereocenters. The molecule has 19 heavy (non-hydrogen) atoms. The summed E-state index contributed by atoms with van der Waals surface area (Å²) in [5, 5.41) is 0. The van der Waals surface area contributed by atoms with Gasteiger partial charge < -0.3 is 9.47 Å². The van der Waals surface area contributed by atoms with Crippen molar-refractivity contribution in [3.8, 4) is 0 Å². The quantitative estimate of drug-likeness (QED) is 0.342. The molecule has 1 fully saturated rings. The Balaban J connectivity index is 2.12. The van der Waals surface area contributed by atoms with Gasteiger partial charge in [-0.15, -0.1) is 0 Å². The fraction of sp³-hybridized carbons (Fsp3) is 0.333. The minimum absolute atomic E-state index is 0.408. The first-order chi connectivity index (χ1) is 8.87. The molecule has 2 heterocycles. The normalized spacial score (nSPS) is 19.3. The molecule has 0 amide bonds. The van der Waals surface area contributed by atoms with Crippen molar-refractivity contribution in [2.24, 2.45) is 10.9 Å². The molecule has 1 saturated heterocycles. The lowest BCUT2D eigenvalue weighted by Gasteiger charge is -2.31. The average molecular weight is 374 g/mol. The van der Waals surface area contributed by atoms with Gasteiger partial charge in [0.1, 0.15) is 0 Å². The van der Waals surface area contributed by atoms with E-state index >= 15 is 0 Å². The highest BCUT2D eigenvalue weighted by Gasteiger charge is 2.42. The lowest BCUT2D eigenvalue weighted by molar-refractivity contribution is -0.235. The highest BCUT2D eigenvalue weighted by atomic mass is 127. The molecule has 7 heteroatoms. The van der Waals surface area contributed by atoms with Gasteiger partial charge in [-0.1, -0.05) is 0 Å². The van der Waals surface area contributed by atoms with Gasteiger partial charge in [0.15, 0.2) is 11.7 Å². The zero-order chi connectivity index (χ0) is 14.0. The number of hydrogen-bond acceptors (Lipinski definition) is 6. The van der Waals surface area contributed by atoms with Crippen LogP contribution in [0.3, 0.4) is 0 Å². The summed E-state index contributed by atoms with van der Waals surface area (Å²) in [7, 11) is 0. The SMILES string of the molecule is CC1(C)OC(=O)C(C=Nc2ccc(I)cn2)C(=O)O1. The molecule has 0 radical (unpaired) electrons. The van der Waals surface area contributed by atoms with E-state index in [1.165, 1.54) is 20.1 Å². The maximum absolute atomic E-state index is 11.7. The number of halogens is 1. The average Bonchev–Trinajstić information content (AvgIpc) is 2.29. The first-order valence-electron chi connectivity index (χ1n) is 5.49. The maximum atomic E-state index is 11.7. The first-order valence-corrected chi connectivity index (χ1v) is 6.57. The number of hydrogen-bond donors (Lipinski definition) is 0. The summed E-state index contributed by atoms with van der Waals surface area (Å²) in [4.78, 5) is 31.3. The number of ether oxygens (including phenoxy) is 2. The molecule has 1 aliphatic rings. The maximum Gasteiger partial charge on any atom is 0.329 e. The van der Waals surface area contributed by atoms with E-state index in [0.29, 0.717) is 5.82 Å². The van der Waals surface area contributed by atoms with Gasteiger partial charge in [-0.2, -0.15) is 0 Å².